The Morgan fingerprint density at radius 1 is 1.38 bits per heavy atom. The molecule has 0 saturated carbocycles. The van der Waals surface area contributed by atoms with Gasteiger partial charge in [-0.2, -0.15) is 11.3 Å². The molecular formula is C14H16N2O3S2. The Morgan fingerprint density at radius 3 is 2.76 bits per heavy atom. The Kier molecular flexibility index (Phi) is 4.74. The third-order valence-corrected chi connectivity index (χ3v) is 4.59. The van der Waals surface area contributed by atoms with Gasteiger partial charge in [0.25, 0.3) is 0 Å². The monoisotopic (exact) mass is 324 g/mol. The summed E-state index contributed by atoms with van der Waals surface area (Å²) in [6, 6.07) is 1.99. The smallest absolute Gasteiger partial charge is 0.310 e. The maximum atomic E-state index is 11.8. The molecule has 2 aromatic rings. The lowest BCUT2D eigenvalue weighted by Crippen LogP contribution is -2.39. The van der Waals surface area contributed by atoms with Crippen LogP contribution in [-0.2, 0) is 16.0 Å². The molecule has 21 heavy (non-hydrogen) atoms. The summed E-state index contributed by atoms with van der Waals surface area (Å²) < 4.78 is 0. The molecule has 0 bridgehead atoms. The normalized spacial score (nSPS) is 11.3. The predicted molar refractivity (Wildman–Crippen MR) is 83.6 cm³/mol. The summed E-state index contributed by atoms with van der Waals surface area (Å²) in [4.78, 5) is 27.2. The molecule has 112 valence electrons. The van der Waals surface area contributed by atoms with Gasteiger partial charge in [0.1, 0.15) is 5.01 Å². The van der Waals surface area contributed by atoms with E-state index < -0.39 is 11.4 Å². The summed E-state index contributed by atoms with van der Waals surface area (Å²) in [5, 5.41) is 18.4. The summed E-state index contributed by atoms with van der Waals surface area (Å²) in [5.41, 5.74) is 0.787. The Morgan fingerprint density at radius 2 is 2.14 bits per heavy atom. The summed E-state index contributed by atoms with van der Waals surface area (Å²) in [6.07, 6.45) is 0.163. The van der Waals surface area contributed by atoms with E-state index in [4.69, 9.17) is 5.11 Å². The van der Waals surface area contributed by atoms with Crippen LogP contribution in [0.3, 0.4) is 0 Å². The van der Waals surface area contributed by atoms with Crippen LogP contribution in [0.15, 0.2) is 22.2 Å². The molecule has 0 fully saturated rings. The topological polar surface area (TPSA) is 79.3 Å². The molecule has 2 aromatic heterocycles. The molecule has 0 aliphatic rings. The maximum Gasteiger partial charge on any atom is 0.310 e. The standard InChI is InChI=1S/C14H16N2O3S2/c1-14(2,13(18)19)8-15-11(17)5-10-7-21-12(16-10)9-3-4-20-6-9/h3-4,6-7H,5,8H2,1-2H3,(H,15,17)(H,18,19). The third-order valence-electron chi connectivity index (χ3n) is 2.97. The van der Waals surface area contributed by atoms with Crippen molar-refractivity contribution in [3.8, 4) is 10.6 Å². The van der Waals surface area contributed by atoms with E-state index >= 15 is 0 Å². The van der Waals surface area contributed by atoms with Crippen molar-refractivity contribution in [2.45, 2.75) is 20.3 Å². The second-order valence-corrected chi connectivity index (χ2v) is 6.94. The van der Waals surface area contributed by atoms with Crippen LogP contribution in [-0.4, -0.2) is 28.5 Å². The van der Waals surface area contributed by atoms with Crippen molar-refractivity contribution in [1.29, 1.82) is 0 Å². The predicted octanol–water partition coefficient (Wildman–Crippen LogP) is 2.64. The Balaban J connectivity index is 1.90. The molecule has 0 aliphatic carbocycles. The molecule has 7 heteroatoms. The van der Waals surface area contributed by atoms with Crippen molar-refractivity contribution in [3.63, 3.8) is 0 Å². The van der Waals surface area contributed by atoms with E-state index in [1.54, 1.807) is 25.2 Å². The Hall–Kier alpha value is -1.73. The van der Waals surface area contributed by atoms with Crippen LogP contribution in [0.2, 0.25) is 0 Å². The van der Waals surface area contributed by atoms with Crippen molar-refractivity contribution in [1.82, 2.24) is 10.3 Å². The molecule has 5 nitrogen and oxygen atoms in total. The minimum Gasteiger partial charge on any atom is -0.481 e. The van der Waals surface area contributed by atoms with Crippen LogP contribution in [0.4, 0.5) is 0 Å². The second kappa shape index (κ2) is 6.36. The van der Waals surface area contributed by atoms with Crippen LogP contribution in [0.25, 0.3) is 10.6 Å². The van der Waals surface area contributed by atoms with E-state index in [1.807, 2.05) is 22.2 Å². The zero-order valence-electron chi connectivity index (χ0n) is 11.8. The minimum atomic E-state index is -0.973. The summed E-state index contributed by atoms with van der Waals surface area (Å²) in [6.45, 7) is 3.25. The van der Waals surface area contributed by atoms with Gasteiger partial charge in [0, 0.05) is 22.9 Å². The largest absolute Gasteiger partial charge is 0.481 e. The van der Waals surface area contributed by atoms with E-state index in [-0.39, 0.29) is 18.9 Å². The van der Waals surface area contributed by atoms with E-state index in [9.17, 15) is 9.59 Å². The highest BCUT2D eigenvalue weighted by Crippen LogP contribution is 2.25. The number of thiazole rings is 1. The van der Waals surface area contributed by atoms with Crippen LogP contribution >= 0.6 is 22.7 Å². The van der Waals surface area contributed by atoms with Crippen molar-refractivity contribution in [2.24, 2.45) is 5.41 Å². The first-order valence-electron chi connectivity index (χ1n) is 6.35. The molecular weight excluding hydrogens is 308 g/mol. The van der Waals surface area contributed by atoms with Crippen molar-refractivity contribution in [3.05, 3.63) is 27.9 Å². The minimum absolute atomic E-state index is 0.0999. The number of carbonyl (C=O) groups is 2. The quantitative estimate of drug-likeness (QED) is 0.856. The SMILES string of the molecule is CC(C)(CNC(=O)Cc1csc(-c2ccsc2)n1)C(=O)O. The molecule has 0 aromatic carbocycles. The number of amides is 1. The molecule has 2 N–H and O–H groups in total. The van der Waals surface area contributed by atoms with Crippen LogP contribution in [0.1, 0.15) is 19.5 Å². The van der Waals surface area contributed by atoms with Gasteiger partial charge in [0.05, 0.1) is 17.5 Å². The van der Waals surface area contributed by atoms with Crippen LogP contribution in [0.5, 0.6) is 0 Å². The highest BCUT2D eigenvalue weighted by atomic mass is 32.1. The number of aromatic nitrogens is 1. The lowest BCUT2D eigenvalue weighted by molar-refractivity contribution is -0.146. The number of nitrogens with one attached hydrogen (secondary N) is 1. The zero-order valence-corrected chi connectivity index (χ0v) is 13.4. The van der Waals surface area contributed by atoms with E-state index in [2.05, 4.69) is 10.3 Å². The fraction of sp³-hybridized carbons (Fsp3) is 0.357. The summed E-state index contributed by atoms with van der Waals surface area (Å²) >= 11 is 3.10. The zero-order chi connectivity index (χ0) is 15.5. The third kappa shape index (κ3) is 4.12. The fourth-order valence-electron chi connectivity index (χ4n) is 1.53. The van der Waals surface area contributed by atoms with E-state index in [0.717, 1.165) is 10.6 Å². The molecule has 2 heterocycles. The van der Waals surface area contributed by atoms with E-state index in [1.165, 1.54) is 11.3 Å². The number of carbonyl (C=O) groups excluding carboxylic acids is 1. The first-order chi connectivity index (χ1) is 9.88. The number of thiophene rings is 1. The summed E-state index contributed by atoms with van der Waals surface area (Å²) in [5.74, 6) is -1.15. The van der Waals surface area contributed by atoms with Gasteiger partial charge in [0.15, 0.2) is 0 Å². The van der Waals surface area contributed by atoms with Crippen molar-refractivity contribution in [2.75, 3.05) is 6.54 Å². The van der Waals surface area contributed by atoms with Crippen LogP contribution in [0, 0.1) is 5.41 Å². The first kappa shape index (κ1) is 15.7. The Labute approximate surface area is 130 Å². The number of carboxylic acid groups (broad SMARTS) is 1. The van der Waals surface area contributed by atoms with Gasteiger partial charge >= 0.3 is 5.97 Å². The van der Waals surface area contributed by atoms with Gasteiger partial charge in [-0.3, -0.25) is 9.59 Å². The molecule has 0 unspecified atom stereocenters. The molecule has 0 radical (unpaired) electrons. The lowest BCUT2D eigenvalue weighted by atomic mass is 9.94. The molecule has 0 atom stereocenters. The number of rotatable bonds is 6. The number of nitrogens with zero attached hydrogens (tertiary/aromatic N) is 1. The van der Waals surface area contributed by atoms with Gasteiger partial charge < -0.3 is 10.4 Å². The number of hydrogen-bond acceptors (Lipinski definition) is 5. The molecule has 1 amide bonds. The highest BCUT2D eigenvalue weighted by molar-refractivity contribution is 7.14. The average molecular weight is 324 g/mol. The maximum absolute atomic E-state index is 11.8. The van der Waals surface area contributed by atoms with Gasteiger partial charge in [0.2, 0.25) is 5.91 Å². The molecule has 2 rings (SSSR count). The number of aliphatic carboxylic acids is 1. The lowest BCUT2D eigenvalue weighted by Gasteiger charge is -2.19. The van der Waals surface area contributed by atoms with Gasteiger partial charge in [-0.1, -0.05) is 0 Å². The molecule has 0 aliphatic heterocycles. The Bertz CT molecular complexity index is 632. The highest BCUT2D eigenvalue weighted by Gasteiger charge is 2.27. The first-order valence-corrected chi connectivity index (χ1v) is 8.18. The van der Waals surface area contributed by atoms with E-state index in [0.29, 0.717) is 5.69 Å². The van der Waals surface area contributed by atoms with Gasteiger partial charge in [-0.25, -0.2) is 4.98 Å². The fourth-order valence-corrected chi connectivity index (χ4v) is 3.06. The van der Waals surface area contributed by atoms with Crippen molar-refractivity contribution >= 4 is 34.6 Å². The van der Waals surface area contributed by atoms with Gasteiger partial charge in [-0.15, -0.1) is 11.3 Å². The van der Waals surface area contributed by atoms with Gasteiger partial charge in [-0.05, 0) is 25.3 Å². The van der Waals surface area contributed by atoms with Crippen molar-refractivity contribution < 1.29 is 14.7 Å². The second-order valence-electron chi connectivity index (χ2n) is 5.30. The number of hydrogen-bond donors (Lipinski definition) is 2. The average Bonchev–Trinajstić information content (AvgIpc) is 3.06. The number of carboxylic acids is 1. The van der Waals surface area contributed by atoms with Crippen LogP contribution < -0.4 is 5.32 Å². The summed E-state index contributed by atoms with van der Waals surface area (Å²) in [7, 11) is 0. The molecule has 0 spiro atoms. The molecule has 0 saturated heterocycles.